The highest BCUT2D eigenvalue weighted by atomic mass is 16.2. The Morgan fingerprint density at radius 3 is 2.75 bits per heavy atom. The Balaban J connectivity index is 1.41. The monoisotopic (exact) mass is 372 g/mol. The fourth-order valence-electron chi connectivity index (χ4n) is 3.59. The minimum Gasteiger partial charge on any atom is -0.367 e. The van der Waals surface area contributed by atoms with Gasteiger partial charge >= 0.3 is 6.03 Å². The molecule has 28 heavy (non-hydrogen) atoms. The highest BCUT2D eigenvalue weighted by Crippen LogP contribution is 2.30. The van der Waals surface area contributed by atoms with Gasteiger partial charge in [0.1, 0.15) is 0 Å². The third-order valence-electron chi connectivity index (χ3n) is 4.99. The number of urea groups is 1. The number of nitrogens with zero attached hydrogens (tertiary/aromatic N) is 2. The van der Waals surface area contributed by atoms with Crippen molar-refractivity contribution in [3.8, 4) is 0 Å². The Morgan fingerprint density at radius 2 is 1.86 bits per heavy atom. The molecule has 0 fully saturated rings. The quantitative estimate of drug-likeness (QED) is 0.703. The summed E-state index contributed by atoms with van der Waals surface area (Å²) >= 11 is 0. The molecule has 5 heteroatoms. The Hall–Kier alpha value is -3.34. The van der Waals surface area contributed by atoms with Crippen LogP contribution < -0.4 is 15.5 Å². The Bertz CT molecular complexity index is 986. The van der Waals surface area contributed by atoms with Gasteiger partial charge in [-0.2, -0.15) is 0 Å². The summed E-state index contributed by atoms with van der Waals surface area (Å²) in [4.78, 5) is 19.2. The van der Waals surface area contributed by atoms with Crippen molar-refractivity contribution in [2.24, 2.45) is 0 Å². The minimum atomic E-state index is -0.224. The van der Waals surface area contributed by atoms with Crippen LogP contribution in [-0.4, -0.2) is 17.6 Å². The summed E-state index contributed by atoms with van der Waals surface area (Å²) in [6.07, 6.45) is 1.07. The topological polar surface area (TPSA) is 57.3 Å². The maximum Gasteiger partial charge on any atom is 0.319 e. The van der Waals surface area contributed by atoms with Gasteiger partial charge in [-0.15, -0.1) is 0 Å². The fraction of sp³-hybridized carbons (Fsp3) is 0.217. The summed E-state index contributed by atoms with van der Waals surface area (Å²) in [5.74, 6) is 0. The number of benzene rings is 2. The molecule has 1 aromatic heterocycles. The number of anilines is 2. The standard InChI is InChI=1S/C23H24N4O/c1-17-7-6-10-20(25-17)15-24-23(28)26-21-11-4-2-9-19(21)16-27-14-13-18-8-3-5-12-22(18)27/h2-12H,13-16H2,1H3,(H2,24,26,28). The third kappa shape index (κ3) is 4.14. The van der Waals surface area contributed by atoms with Gasteiger partial charge in [-0.05, 0) is 48.7 Å². The van der Waals surface area contributed by atoms with Crippen molar-refractivity contribution in [2.75, 3.05) is 16.8 Å². The van der Waals surface area contributed by atoms with Crippen LogP contribution in [0.1, 0.15) is 22.5 Å². The van der Waals surface area contributed by atoms with Crippen LogP contribution in [0.3, 0.4) is 0 Å². The van der Waals surface area contributed by atoms with Gasteiger partial charge < -0.3 is 15.5 Å². The number of pyridine rings is 1. The molecule has 1 aliphatic heterocycles. The number of carbonyl (C=O) groups excluding carboxylic acids is 1. The molecular formula is C23H24N4O. The van der Waals surface area contributed by atoms with Crippen molar-refractivity contribution >= 4 is 17.4 Å². The van der Waals surface area contributed by atoms with Crippen LogP contribution in [-0.2, 0) is 19.5 Å². The van der Waals surface area contributed by atoms with Gasteiger partial charge in [-0.3, -0.25) is 4.98 Å². The van der Waals surface area contributed by atoms with Gasteiger partial charge in [0, 0.05) is 30.2 Å². The van der Waals surface area contributed by atoms with Crippen molar-refractivity contribution < 1.29 is 4.79 Å². The molecule has 1 aliphatic rings. The third-order valence-corrected chi connectivity index (χ3v) is 4.99. The van der Waals surface area contributed by atoms with Crippen LogP contribution in [0.5, 0.6) is 0 Å². The van der Waals surface area contributed by atoms with Crippen LogP contribution in [0.15, 0.2) is 66.7 Å². The van der Waals surface area contributed by atoms with Crippen molar-refractivity contribution in [1.82, 2.24) is 10.3 Å². The molecule has 0 saturated carbocycles. The first-order chi connectivity index (χ1) is 13.7. The number of carbonyl (C=O) groups is 1. The molecular weight excluding hydrogens is 348 g/mol. The zero-order valence-corrected chi connectivity index (χ0v) is 16.0. The molecule has 0 unspecified atom stereocenters. The SMILES string of the molecule is Cc1cccc(CNC(=O)Nc2ccccc2CN2CCc3ccccc32)n1. The lowest BCUT2D eigenvalue weighted by Crippen LogP contribution is -2.29. The first kappa shape index (κ1) is 18.0. The first-order valence-corrected chi connectivity index (χ1v) is 9.57. The van der Waals surface area contributed by atoms with Crippen LogP contribution >= 0.6 is 0 Å². The normalized spacial score (nSPS) is 12.5. The maximum atomic E-state index is 12.4. The summed E-state index contributed by atoms with van der Waals surface area (Å²) in [5.41, 5.74) is 6.39. The molecule has 0 spiro atoms. The van der Waals surface area contributed by atoms with Crippen molar-refractivity contribution in [3.63, 3.8) is 0 Å². The average molecular weight is 372 g/mol. The van der Waals surface area contributed by atoms with E-state index in [1.807, 2.05) is 43.3 Å². The molecule has 0 bridgehead atoms. The summed E-state index contributed by atoms with van der Waals surface area (Å²) in [7, 11) is 0. The predicted octanol–water partition coefficient (Wildman–Crippen LogP) is 4.27. The summed E-state index contributed by atoms with van der Waals surface area (Å²) < 4.78 is 0. The van der Waals surface area contributed by atoms with E-state index >= 15 is 0 Å². The second-order valence-electron chi connectivity index (χ2n) is 7.04. The van der Waals surface area contributed by atoms with E-state index in [0.717, 1.165) is 42.1 Å². The number of aryl methyl sites for hydroxylation is 1. The molecule has 142 valence electrons. The summed E-state index contributed by atoms with van der Waals surface area (Å²) in [6, 6.07) is 22.1. The summed E-state index contributed by atoms with van der Waals surface area (Å²) in [5, 5.41) is 5.87. The molecule has 0 atom stereocenters. The average Bonchev–Trinajstić information content (AvgIpc) is 3.11. The van der Waals surface area contributed by atoms with Crippen molar-refractivity contribution in [1.29, 1.82) is 0 Å². The smallest absolute Gasteiger partial charge is 0.319 e. The van der Waals surface area contributed by atoms with Gasteiger partial charge in [-0.1, -0.05) is 42.5 Å². The zero-order valence-electron chi connectivity index (χ0n) is 16.0. The minimum absolute atomic E-state index is 0.224. The molecule has 3 aromatic rings. The fourth-order valence-corrected chi connectivity index (χ4v) is 3.59. The van der Waals surface area contributed by atoms with E-state index in [2.05, 4.69) is 50.8 Å². The number of rotatable bonds is 5. The molecule has 5 nitrogen and oxygen atoms in total. The number of para-hydroxylation sites is 2. The Kier molecular flexibility index (Phi) is 5.24. The number of hydrogen-bond donors (Lipinski definition) is 2. The lowest BCUT2D eigenvalue weighted by atomic mass is 10.1. The van der Waals surface area contributed by atoms with E-state index in [4.69, 9.17) is 0 Å². The number of aromatic nitrogens is 1. The van der Waals surface area contributed by atoms with E-state index < -0.39 is 0 Å². The largest absolute Gasteiger partial charge is 0.367 e. The van der Waals surface area contributed by atoms with Crippen LogP contribution in [0.2, 0.25) is 0 Å². The van der Waals surface area contributed by atoms with Crippen molar-refractivity contribution in [3.05, 3.63) is 89.2 Å². The number of amides is 2. The molecule has 2 aromatic carbocycles. The lowest BCUT2D eigenvalue weighted by Gasteiger charge is -2.21. The molecule has 2 heterocycles. The first-order valence-electron chi connectivity index (χ1n) is 9.57. The zero-order chi connectivity index (χ0) is 19.3. The summed E-state index contributed by atoms with van der Waals surface area (Å²) in [6.45, 7) is 4.11. The Morgan fingerprint density at radius 1 is 1.04 bits per heavy atom. The lowest BCUT2D eigenvalue weighted by molar-refractivity contribution is 0.251. The second kappa shape index (κ2) is 8.13. The number of nitrogens with one attached hydrogen (secondary N) is 2. The van der Waals surface area contributed by atoms with Gasteiger partial charge in [0.05, 0.1) is 12.2 Å². The van der Waals surface area contributed by atoms with Crippen LogP contribution in [0.25, 0.3) is 0 Å². The van der Waals surface area contributed by atoms with Gasteiger partial charge in [0.15, 0.2) is 0 Å². The molecule has 0 radical (unpaired) electrons. The van der Waals surface area contributed by atoms with E-state index in [9.17, 15) is 4.79 Å². The maximum absolute atomic E-state index is 12.4. The Labute approximate surface area is 165 Å². The van der Waals surface area contributed by atoms with E-state index in [0.29, 0.717) is 6.54 Å². The van der Waals surface area contributed by atoms with Gasteiger partial charge in [0.25, 0.3) is 0 Å². The van der Waals surface area contributed by atoms with Crippen LogP contribution in [0.4, 0.5) is 16.2 Å². The highest BCUT2D eigenvalue weighted by Gasteiger charge is 2.19. The van der Waals surface area contributed by atoms with E-state index in [1.165, 1.54) is 11.3 Å². The van der Waals surface area contributed by atoms with E-state index in [-0.39, 0.29) is 6.03 Å². The molecule has 0 aliphatic carbocycles. The van der Waals surface area contributed by atoms with E-state index in [1.54, 1.807) is 0 Å². The second-order valence-corrected chi connectivity index (χ2v) is 7.04. The number of fused-ring (bicyclic) bond motifs is 1. The van der Waals surface area contributed by atoms with Crippen molar-refractivity contribution in [2.45, 2.75) is 26.4 Å². The molecule has 2 amide bonds. The van der Waals surface area contributed by atoms with Gasteiger partial charge in [-0.25, -0.2) is 4.79 Å². The van der Waals surface area contributed by atoms with Gasteiger partial charge in [0.2, 0.25) is 0 Å². The highest BCUT2D eigenvalue weighted by molar-refractivity contribution is 5.90. The molecule has 2 N–H and O–H groups in total. The van der Waals surface area contributed by atoms with Crippen LogP contribution in [0, 0.1) is 6.92 Å². The molecule has 4 rings (SSSR count). The molecule has 0 saturated heterocycles. The number of hydrogen-bond acceptors (Lipinski definition) is 3. The predicted molar refractivity (Wildman–Crippen MR) is 112 cm³/mol.